The summed E-state index contributed by atoms with van der Waals surface area (Å²) in [5.41, 5.74) is 0. The quantitative estimate of drug-likeness (QED) is 0.926. The van der Waals surface area contributed by atoms with Crippen LogP contribution >= 0.6 is 23.7 Å². The van der Waals surface area contributed by atoms with Gasteiger partial charge in [-0.2, -0.15) is 0 Å². The predicted molar refractivity (Wildman–Crippen MR) is 80.0 cm³/mol. The lowest BCUT2D eigenvalue weighted by Crippen LogP contribution is -2.42. The van der Waals surface area contributed by atoms with E-state index in [4.69, 9.17) is 4.74 Å². The summed E-state index contributed by atoms with van der Waals surface area (Å²) in [5.74, 6) is 0.143. The molecule has 0 radical (unpaired) electrons. The molecule has 0 aromatic carbocycles. The van der Waals surface area contributed by atoms with E-state index in [1.807, 2.05) is 23.4 Å². The van der Waals surface area contributed by atoms with Crippen LogP contribution in [-0.2, 0) is 9.53 Å². The first kappa shape index (κ1) is 16.4. The zero-order chi connectivity index (χ0) is 13.0. The molecule has 1 amide bonds. The highest BCUT2D eigenvalue weighted by Crippen LogP contribution is 2.24. The zero-order valence-electron chi connectivity index (χ0n) is 11.3. The first-order valence-electron chi connectivity index (χ1n) is 6.30. The maximum atomic E-state index is 12.2. The van der Waals surface area contributed by atoms with Gasteiger partial charge in [0.1, 0.15) is 0 Å². The molecular formula is C13H21ClN2O2S. The van der Waals surface area contributed by atoms with E-state index in [-0.39, 0.29) is 30.5 Å². The van der Waals surface area contributed by atoms with Crippen molar-refractivity contribution >= 4 is 29.7 Å². The van der Waals surface area contributed by atoms with E-state index < -0.39 is 0 Å². The Labute approximate surface area is 124 Å². The molecule has 0 aliphatic carbocycles. The number of amides is 1. The second-order valence-electron chi connectivity index (χ2n) is 4.60. The summed E-state index contributed by atoms with van der Waals surface area (Å²) in [4.78, 5) is 15.2. The van der Waals surface area contributed by atoms with Crippen molar-refractivity contribution in [1.29, 1.82) is 0 Å². The summed E-state index contributed by atoms with van der Waals surface area (Å²) in [5, 5.41) is 5.28. The van der Waals surface area contributed by atoms with Gasteiger partial charge in [0.05, 0.1) is 25.2 Å². The van der Waals surface area contributed by atoms with Gasteiger partial charge >= 0.3 is 0 Å². The number of carbonyl (C=O) groups is 1. The van der Waals surface area contributed by atoms with Crippen molar-refractivity contribution in [2.45, 2.75) is 25.5 Å². The van der Waals surface area contributed by atoms with E-state index in [1.54, 1.807) is 11.3 Å². The van der Waals surface area contributed by atoms with Crippen LogP contribution < -0.4 is 5.32 Å². The van der Waals surface area contributed by atoms with Crippen molar-refractivity contribution in [1.82, 2.24) is 10.2 Å². The molecule has 4 nitrogen and oxygen atoms in total. The molecule has 2 rings (SSSR count). The van der Waals surface area contributed by atoms with Crippen molar-refractivity contribution in [3.8, 4) is 0 Å². The van der Waals surface area contributed by atoms with Gasteiger partial charge < -0.3 is 15.0 Å². The Balaban J connectivity index is 0.00000180. The van der Waals surface area contributed by atoms with Crippen molar-refractivity contribution < 1.29 is 9.53 Å². The molecule has 6 heteroatoms. The third-order valence-electron chi connectivity index (χ3n) is 3.34. The Morgan fingerprint density at radius 2 is 2.47 bits per heavy atom. The van der Waals surface area contributed by atoms with Gasteiger partial charge in [-0.1, -0.05) is 6.07 Å². The number of carbonyl (C=O) groups excluding carboxylic acids is 1. The van der Waals surface area contributed by atoms with Crippen LogP contribution in [-0.4, -0.2) is 43.7 Å². The molecule has 0 saturated carbocycles. The molecule has 1 saturated heterocycles. The largest absolute Gasteiger partial charge is 0.375 e. The minimum absolute atomic E-state index is 0. The second kappa shape index (κ2) is 7.85. The summed E-state index contributed by atoms with van der Waals surface area (Å²) < 4.78 is 5.56. The zero-order valence-corrected chi connectivity index (χ0v) is 12.9. The molecule has 1 fully saturated rings. The minimum Gasteiger partial charge on any atom is -0.375 e. The van der Waals surface area contributed by atoms with Crippen molar-refractivity contribution in [2.24, 2.45) is 0 Å². The van der Waals surface area contributed by atoms with Crippen LogP contribution in [0.3, 0.4) is 0 Å². The minimum atomic E-state index is 0. The van der Waals surface area contributed by atoms with E-state index in [0.29, 0.717) is 13.0 Å². The molecule has 108 valence electrons. The number of ether oxygens (including phenoxy) is 1. The number of nitrogens with one attached hydrogen (secondary N) is 1. The van der Waals surface area contributed by atoms with Gasteiger partial charge in [-0.15, -0.1) is 23.7 Å². The van der Waals surface area contributed by atoms with Gasteiger partial charge in [-0.3, -0.25) is 4.79 Å². The number of hydrogen-bond donors (Lipinski definition) is 1. The topological polar surface area (TPSA) is 41.6 Å². The third kappa shape index (κ3) is 4.45. The normalized spacial score (nSPS) is 20.4. The number of thiophene rings is 1. The number of nitrogens with zero attached hydrogens (tertiary/aromatic N) is 1. The molecule has 2 atom stereocenters. The lowest BCUT2D eigenvalue weighted by atomic mass is 10.1. The maximum absolute atomic E-state index is 12.2. The monoisotopic (exact) mass is 304 g/mol. The van der Waals surface area contributed by atoms with E-state index in [2.05, 4.69) is 18.3 Å². The van der Waals surface area contributed by atoms with Crippen molar-refractivity contribution in [3.05, 3.63) is 22.4 Å². The highest BCUT2D eigenvalue weighted by molar-refractivity contribution is 7.10. The van der Waals surface area contributed by atoms with Gasteiger partial charge in [-0.05, 0) is 18.4 Å². The molecule has 1 aliphatic heterocycles. The molecule has 2 unspecified atom stereocenters. The lowest BCUT2D eigenvalue weighted by molar-refractivity contribution is -0.135. The van der Waals surface area contributed by atoms with Gasteiger partial charge in [-0.25, -0.2) is 0 Å². The second-order valence-corrected chi connectivity index (χ2v) is 5.58. The highest BCUT2D eigenvalue weighted by atomic mass is 35.5. The Kier molecular flexibility index (Phi) is 6.79. The van der Waals surface area contributed by atoms with E-state index in [1.165, 1.54) is 4.88 Å². The molecule has 1 aromatic rings. The SMILES string of the molecule is CC(c1cccs1)N(C)C(=O)CC1CNCCO1.Cl. The smallest absolute Gasteiger partial charge is 0.225 e. The molecule has 0 bridgehead atoms. The first-order chi connectivity index (χ1) is 8.68. The average Bonchev–Trinajstić information content (AvgIpc) is 2.92. The summed E-state index contributed by atoms with van der Waals surface area (Å²) >= 11 is 1.69. The van der Waals surface area contributed by atoms with Crippen LogP contribution in [0.4, 0.5) is 0 Å². The maximum Gasteiger partial charge on any atom is 0.225 e. The van der Waals surface area contributed by atoms with Crippen LogP contribution in [0.25, 0.3) is 0 Å². The van der Waals surface area contributed by atoms with Crippen molar-refractivity contribution in [2.75, 3.05) is 26.7 Å². The number of rotatable bonds is 4. The Morgan fingerprint density at radius 3 is 3.05 bits per heavy atom. The van der Waals surface area contributed by atoms with Gasteiger partial charge in [0.25, 0.3) is 0 Å². The molecule has 1 aromatic heterocycles. The number of hydrogen-bond acceptors (Lipinski definition) is 4. The van der Waals surface area contributed by atoms with Crippen LogP contribution in [0.15, 0.2) is 17.5 Å². The Bertz CT molecular complexity index is 380. The Hall–Kier alpha value is -0.620. The van der Waals surface area contributed by atoms with E-state index in [9.17, 15) is 4.79 Å². The highest BCUT2D eigenvalue weighted by Gasteiger charge is 2.23. The summed E-state index contributed by atoms with van der Waals surface area (Å²) in [6, 6.07) is 4.22. The predicted octanol–water partition coefficient (Wildman–Crippen LogP) is 2.07. The fraction of sp³-hybridized carbons (Fsp3) is 0.615. The molecule has 0 spiro atoms. The molecular weight excluding hydrogens is 284 g/mol. The van der Waals surface area contributed by atoms with E-state index in [0.717, 1.165) is 13.1 Å². The van der Waals surface area contributed by atoms with Gasteiger partial charge in [0, 0.05) is 25.0 Å². The number of halogens is 1. The summed E-state index contributed by atoms with van der Waals surface area (Å²) in [7, 11) is 1.86. The van der Waals surface area contributed by atoms with Gasteiger partial charge in [0.2, 0.25) is 5.91 Å². The van der Waals surface area contributed by atoms with Crippen LogP contribution in [0, 0.1) is 0 Å². The molecule has 2 heterocycles. The first-order valence-corrected chi connectivity index (χ1v) is 7.18. The lowest BCUT2D eigenvalue weighted by Gasteiger charge is -2.28. The van der Waals surface area contributed by atoms with Crippen molar-refractivity contribution in [3.63, 3.8) is 0 Å². The fourth-order valence-corrected chi connectivity index (χ4v) is 2.85. The molecule has 19 heavy (non-hydrogen) atoms. The molecule has 1 aliphatic rings. The molecule has 1 N–H and O–H groups in total. The van der Waals surface area contributed by atoms with E-state index >= 15 is 0 Å². The van der Waals surface area contributed by atoms with Crippen LogP contribution in [0.1, 0.15) is 24.3 Å². The van der Waals surface area contributed by atoms with Gasteiger partial charge in [0.15, 0.2) is 0 Å². The average molecular weight is 305 g/mol. The fourth-order valence-electron chi connectivity index (χ4n) is 2.03. The Morgan fingerprint density at radius 1 is 1.68 bits per heavy atom. The summed E-state index contributed by atoms with van der Waals surface area (Å²) in [6.45, 7) is 4.41. The third-order valence-corrected chi connectivity index (χ3v) is 4.38. The van der Waals surface area contributed by atoms with Crippen LogP contribution in [0.2, 0.25) is 0 Å². The standard InChI is InChI=1S/C13H20N2O2S.ClH/c1-10(12-4-3-7-18-12)15(2)13(16)8-11-9-14-5-6-17-11;/h3-4,7,10-11,14H,5-6,8-9H2,1-2H3;1H. The number of morpholine rings is 1. The van der Waals surface area contributed by atoms with Crippen LogP contribution in [0.5, 0.6) is 0 Å². The summed E-state index contributed by atoms with van der Waals surface area (Å²) in [6.07, 6.45) is 0.475.